The van der Waals surface area contributed by atoms with Crippen LogP contribution in [-0.4, -0.2) is 120 Å². The van der Waals surface area contributed by atoms with Crippen molar-refractivity contribution in [2.45, 2.75) is 30.8 Å². The van der Waals surface area contributed by atoms with Crippen molar-refractivity contribution in [2.75, 3.05) is 90.4 Å². The summed E-state index contributed by atoms with van der Waals surface area (Å²) in [4.78, 5) is 30.5. The van der Waals surface area contributed by atoms with Crippen molar-refractivity contribution >= 4 is 39.2 Å². The minimum atomic E-state index is -4.38. The molecule has 4 rings (SSSR count). The number of ether oxygens (including phenoxy) is 3. The maximum atomic E-state index is 14.0. The molecule has 1 atom stereocenters. The molecule has 0 saturated carbocycles. The molecule has 1 aliphatic heterocycles. The first-order chi connectivity index (χ1) is 23.2. The number of rotatable bonds is 15. The van der Waals surface area contributed by atoms with Crippen LogP contribution in [0.2, 0.25) is 0 Å². The molecule has 1 amide bonds. The van der Waals surface area contributed by atoms with Gasteiger partial charge in [0, 0.05) is 82.9 Å². The number of nitrogens with zero attached hydrogens (tertiary/aromatic N) is 5. The average molecular weight is 708 g/mol. The van der Waals surface area contributed by atoms with Crippen LogP contribution in [-0.2, 0) is 37.2 Å². The number of methoxy groups -OCH3 is 2. The summed E-state index contributed by atoms with van der Waals surface area (Å²) in [6, 6.07) is 7.19. The topological polar surface area (TPSA) is 148 Å². The van der Waals surface area contributed by atoms with Gasteiger partial charge in [0.05, 0.1) is 29.4 Å². The van der Waals surface area contributed by atoms with Gasteiger partial charge in [0.25, 0.3) is 5.91 Å². The number of amides is 1. The van der Waals surface area contributed by atoms with Gasteiger partial charge in [-0.05, 0) is 51.4 Å². The Kier molecular flexibility index (Phi) is 12.7. The molecule has 268 valence electrons. The largest absolute Gasteiger partial charge is 0.445 e. The minimum Gasteiger partial charge on any atom is -0.445 e. The van der Waals surface area contributed by atoms with Crippen LogP contribution >= 0.6 is 0 Å². The molecule has 2 N–H and O–H groups in total. The van der Waals surface area contributed by atoms with Crippen LogP contribution in [0.15, 0.2) is 41.3 Å². The Hall–Kier alpha value is -4.16. The van der Waals surface area contributed by atoms with Gasteiger partial charge in [-0.3, -0.25) is 4.79 Å². The van der Waals surface area contributed by atoms with Crippen LogP contribution in [0.5, 0.6) is 0 Å². The Labute approximate surface area is 284 Å². The molecule has 0 unspecified atom stereocenters. The summed E-state index contributed by atoms with van der Waals surface area (Å²) in [6.45, 7) is 3.40. The van der Waals surface area contributed by atoms with Crippen LogP contribution in [0.3, 0.4) is 0 Å². The van der Waals surface area contributed by atoms with Crippen molar-refractivity contribution in [3.8, 4) is 0 Å². The van der Waals surface area contributed by atoms with Crippen molar-refractivity contribution in [2.24, 2.45) is 0 Å². The Morgan fingerprint density at radius 1 is 1.02 bits per heavy atom. The van der Waals surface area contributed by atoms with E-state index in [4.69, 9.17) is 14.2 Å². The summed E-state index contributed by atoms with van der Waals surface area (Å²) >= 11 is 0. The van der Waals surface area contributed by atoms with Crippen molar-refractivity contribution in [3.05, 3.63) is 64.9 Å². The number of likely N-dealkylation sites (N-methyl/N-ethyl adjacent to an activating group) is 2. The molecule has 1 aliphatic rings. The van der Waals surface area contributed by atoms with E-state index in [-0.39, 0.29) is 55.7 Å². The second kappa shape index (κ2) is 16.5. The van der Waals surface area contributed by atoms with Gasteiger partial charge in [-0.15, -0.1) is 5.10 Å². The van der Waals surface area contributed by atoms with Gasteiger partial charge in [-0.2, -0.15) is 8.99 Å². The van der Waals surface area contributed by atoms with Crippen molar-refractivity contribution < 1.29 is 41.0 Å². The van der Waals surface area contributed by atoms with Gasteiger partial charge in [0.2, 0.25) is 10.0 Å². The Morgan fingerprint density at radius 2 is 1.73 bits per heavy atom. The number of fused-ring (bicyclic) bond motifs is 1. The number of benzene rings is 2. The van der Waals surface area contributed by atoms with Gasteiger partial charge in [0.1, 0.15) is 18.2 Å². The van der Waals surface area contributed by atoms with Crippen LogP contribution < -0.4 is 15.5 Å². The Balaban J connectivity index is 1.71. The molecule has 0 bridgehead atoms. The number of aromatic nitrogens is 2. The predicted octanol–water partition coefficient (Wildman–Crippen LogP) is 3.24. The highest BCUT2D eigenvalue weighted by molar-refractivity contribution is 7.89. The number of carbonyl (C=O) groups excluding carboxylic acids is 2. The summed E-state index contributed by atoms with van der Waals surface area (Å²) in [5.74, 6) is -2.75. The van der Waals surface area contributed by atoms with E-state index >= 15 is 0 Å². The first-order valence-corrected chi connectivity index (χ1v) is 17.0. The second-order valence-corrected chi connectivity index (χ2v) is 13.8. The quantitative estimate of drug-likeness (QED) is 0.225. The van der Waals surface area contributed by atoms with Crippen LogP contribution in [0.25, 0.3) is 0 Å². The van der Waals surface area contributed by atoms with Crippen molar-refractivity contribution in [3.63, 3.8) is 0 Å². The van der Waals surface area contributed by atoms with Crippen LogP contribution in [0, 0.1) is 11.6 Å². The molecule has 1 aromatic heterocycles. The molecule has 17 heteroatoms. The highest BCUT2D eigenvalue weighted by Gasteiger charge is 2.35. The molecule has 2 aromatic carbocycles. The molecule has 49 heavy (non-hydrogen) atoms. The number of halogens is 2. The van der Waals surface area contributed by atoms with E-state index in [1.165, 1.54) is 7.11 Å². The smallest absolute Gasteiger partial charge is 0.435 e. The number of hydrogen-bond donors (Lipinski definition) is 2. The molecular weight excluding hydrogens is 664 g/mol. The summed E-state index contributed by atoms with van der Waals surface area (Å²) < 4.78 is 72.4. The summed E-state index contributed by atoms with van der Waals surface area (Å²) in [6.07, 6.45) is -0.859. The molecule has 0 fully saturated rings. The normalized spacial score (nSPS) is 14.0. The number of carbonyl (C=O) groups is 2. The molecular formula is C32H43F2N7O7S. The lowest BCUT2D eigenvalue weighted by atomic mass is 10.1. The molecule has 0 spiro atoms. The fourth-order valence-corrected chi connectivity index (χ4v) is 6.70. The fraction of sp³-hybridized carbons (Fsp3) is 0.469. The van der Waals surface area contributed by atoms with Crippen LogP contribution in [0.4, 0.5) is 30.8 Å². The predicted molar refractivity (Wildman–Crippen MR) is 180 cm³/mol. The molecule has 0 aliphatic carbocycles. The maximum absolute atomic E-state index is 14.0. The lowest BCUT2D eigenvalue weighted by molar-refractivity contribution is 0.0967. The summed E-state index contributed by atoms with van der Waals surface area (Å²) in [7, 11) is 4.55. The molecule has 14 nitrogen and oxygen atoms in total. The highest BCUT2D eigenvalue weighted by atomic mass is 32.2. The van der Waals surface area contributed by atoms with Gasteiger partial charge in [-0.25, -0.2) is 22.0 Å². The van der Waals surface area contributed by atoms with E-state index in [2.05, 4.69) is 25.5 Å². The SMILES string of the molecule is COCCOC(=O)n1nc(NC(=O)c2ccc(N(C)CCN(C)C)cc2N[C@@H](C)COC)c2c1CCN(S(=O)(=O)c1cc(F)cc(F)c1)C2. The number of hydrogen-bond acceptors (Lipinski definition) is 11. The van der Waals surface area contributed by atoms with Gasteiger partial charge < -0.3 is 34.6 Å². The standard InChI is InChI=1S/C32H43F2N7O7S/c1-21(20-47-6)35-28-18-24(39(4)12-11-38(2)3)7-8-26(28)31(42)36-30-27-19-40(49(44,45)25-16-22(33)15-23(34)17-25)10-9-29(27)41(37-30)32(43)48-14-13-46-5/h7-8,15-18,21,35H,9-14,19-20H2,1-6H3,(H,36,37,42)/t21-/m0/s1. The van der Waals surface area contributed by atoms with E-state index in [9.17, 15) is 26.8 Å². The highest BCUT2D eigenvalue weighted by Crippen LogP contribution is 2.32. The second-order valence-electron chi connectivity index (χ2n) is 11.9. The Morgan fingerprint density at radius 3 is 2.39 bits per heavy atom. The van der Waals surface area contributed by atoms with Crippen molar-refractivity contribution in [1.29, 1.82) is 0 Å². The zero-order chi connectivity index (χ0) is 35.9. The summed E-state index contributed by atoms with van der Waals surface area (Å²) in [5, 5.41) is 10.4. The first-order valence-electron chi connectivity index (χ1n) is 15.5. The third kappa shape index (κ3) is 9.30. The first kappa shape index (κ1) is 37.7. The molecule has 2 heterocycles. The van der Waals surface area contributed by atoms with E-state index in [1.807, 2.05) is 40.2 Å². The number of nitrogens with one attached hydrogen (secondary N) is 2. The van der Waals surface area contributed by atoms with E-state index < -0.39 is 38.6 Å². The van der Waals surface area contributed by atoms with E-state index in [1.54, 1.807) is 13.2 Å². The number of sulfonamides is 1. The van der Waals surface area contributed by atoms with E-state index in [0.29, 0.717) is 24.1 Å². The lowest BCUT2D eigenvalue weighted by Crippen LogP contribution is -2.37. The maximum Gasteiger partial charge on any atom is 0.435 e. The molecule has 0 radical (unpaired) electrons. The van der Waals surface area contributed by atoms with E-state index in [0.717, 1.165) is 39.9 Å². The zero-order valence-corrected chi connectivity index (χ0v) is 29.3. The van der Waals surface area contributed by atoms with Gasteiger partial charge >= 0.3 is 6.09 Å². The summed E-state index contributed by atoms with van der Waals surface area (Å²) in [5.41, 5.74) is 2.18. The average Bonchev–Trinajstić information content (AvgIpc) is 3.40. The molecule has 0 saturated heterocycles. The fourth-order valence-electron chi connectivity index (χ4n) is 5.25. The minimum absolute atomic E-state index is 0.00999. The monoisotopic (exact) mass is 707 g/mol. The van der Waals surface area contributed by atoms with Crippen molar-refractivity contribution in [1.82, 2.24) is 19.0 Å². The molecule has 3 aromatic rings. The third-order valence-electron chi connectivity index (χ3n) is 7.80. The van der Waals surface area contributed by atoms with Gasteiger partial charge in [-0.1, -0.05) is 0 Å². The van der Waals surface area contributed by atoms with Crippen LogP contribution in [0.1, 0.15) is 28.5 Å². The Bertz CT molecular complexity index is 1730. The number of anilines is 3. The van der Waals surface area contributed by atoms with Gasteiger partial charge in [0.15, 0.2) is 5.82 Å². The third-order valence-corrected chi connectivity index (χ3v) is 9.63. The lowest BCUT2D eigenvalue weighted by Gasteiger charge is -2.27. The zero-order valence-electron chi connectivity index (χ0n) is 28.5.